The lowest BCUT2D eigenvalue weighted by molar-refractivity contribution is 0.112. The molecule has 3 heteroatoms. The lowest BCUT2D eigenvalue weighted by atomic mass is 9.91. The van der Waals surface area contributed by atoms with Gasteiger partial charge >= 0.3 is 0 Å². The maximum absolute atomic E-state index is 10.6. The molecule has 0 aromatic carbocycles. The van der Waals surface area contributed by atoms with Gasteiger partial charge in [0.2, 0.25) is 0 Å². The number of thiophene rings is 1. The molecule has 0 aliphatic heterocycles. The van der Waals surface area contributed by atoms with Gasteiger partial charge in [-0.3, -0.25) is 4.79 Å². The minimum absolute atomic E-state index is 0.770. The van der Waals surface area contributed by atoms with E-state index in [0.29, 0.717) is 0 Å². The minimum atomic E-state index is 0.770. The van der Waals surface area contributed by atoms with Crippen LogP contribution in [0.2, 0.25) is 0 Å². The van der Waals surface area contributed by atoms with Gasteiger partial charge in [-0.1, -0.05) is 19.8 Å². The summed E-state index contributed by atoms with van der Waals surface area (Å²) in [6.45, 7) is 2.35. The summed E-state index contributed by atoms with van der Waals surface area (Å²) in [5.74, 6) is 0.877. The summed E-state index contributed by atoms with van der Waals surface area (Å²) in [6, 6.07) is 4.00. The highest BCUT2D eigenvalue weighted by Gasteiger charge is 2.20. The van der Waals surface area contributed by atoms with Crippen LogP contribution in [0, 0.1) is 5.92 Å². The van der Waals surface area contributed by atoms with Crippen LogP contribution < -0.4 is 0 Å². The lowest BCUT2D eigenvalue weighted by Crippen LogP contribution is -2.14. The summed E-state index contributed by atoms with van der Waals surface area (Å²) in [6.07, 6.45) is 6.37. The Balaban J connectivity index is 1.92. The summed E-state index contributed by atoms with van der Waals surface area (Å²) in [4.78, 5) is 11.4. The van der Waals surface area contributed by atoms with Crippen molar-refractivity contribution in [2.45, 2.75) is 42.1 Å². The molecule has 2 rings (SSSR count). The van der Waals surface area contributed by atoms with E-state index in [1.807, 2.05) is 17.8 Å². The second-order valence-corrected chi connectivity index (χ2v) is 7.00. The molecule has 2 unspecified atom stereocenters. The summed E-state index contributed by atoms with van der Waals surface area (Å²) in [5, 5.41) is 0.770. The molecule has 82 valence electrons. The average molecular weight is 240 g/mol. The molecule has 1 aliphatic carbocycles. The van der Waals surface area contributed by atoms with Gasteiger partial charge in [-0.05, 0) is 30.9 Å². The molecule has 1 saturated carbocycles. The molecule has 0 amide bonds. The molecule has 1 heterocycles. The van der Waals surface area contributed by atoms with Crippen molar-refractivity contribution in [3.63, 3.8) is 0 Å². The first-order valence-electron chi connectivity index (χ1n) is 5.49. The number of aldehydes is 1. The van der Waals surface area contributed by atoms with E-state index in [9.17, 15) is 4.79 Å². The first-order valence-corrected chi connectivity index (χ1v) is 7.19. The van der Waals surface area contributed by atoms with E-state index in [0.717, 1.165) is 22.3 Å². The van der Waals surface area contributed by atoms with Crippen LogP contribution in [0.1, 0.15) is 42.3 Å². The first kappa shape index (κ1) is 11.2. The number of carbonyl (C=O) groups is 1. The summed E-state index contributed by atoms with van der Waals surface area (Å²) in [5.41, 5.74) is 0. The average Bonchev–Trinajstić information content (AvgIpc) is 2.65. The molecule has 2 atom stereocenters. The van der Waals surface area contributed by atoms with Crippen molar-refractivity contribution in [1.82, 2.24) is 0 Å². The Morgan fingerprint density at radius 2 is 2.33 bits per heavy atom. The predicted octanol–water partition coefficient (Wildman–Crippen LogP) is 4.23. The minimum Gasteiger partial charge on any atom is -0.297 e. The fraction of sp³-hybridized carbons (Fsp3) is 0.583. The highest BCUT2D eigenvalue weighted by molar-refractivity contribution is 8.01. The molecule has 0 spiro atoms. The largest absolute Gasteiger partial charge is 0.297 e. The second kappa shape index (κ2) is 5.17. The van der Waals surface area contributed by atoms with Crippen LogP contribution in [0.5, 0.6) is 0 Å². The monoisotopic (exact) mass is 240 g/mol. The van der Waals surface area contributed by atoms with Crippen molar-refractivity contribution in [2.75, 3.05) is 0 Å². The van der Waals surface area contributed by atoms with Crippen molar-refractivity contribution in [2.24, 2.45) is 5.92 Å². The Morgan fingerprint density at radius 3 is 3.00 bits per heavy atom. The third kappa shape index (κ3) is 3.08. The molecule has 0 radical (unpaired) electrons. The maximum atomic E-state index is 10.6. The van der Waals surface area contributed by atoms with Crippen molar-refractivity contribution >= 4 is 29.4 Å². The highest BCUT2D eigenvalue weighted by atomic mass is 32.2. The molecule has 0 saturated heterocycles. The number of carbonyl (C=O) groups excluding carboxylic acids is 1. The third-order valence-corrected chi connectivity index (χ3v) is 5.36. The zero-order chi connectivity index (χ0) is 10.7. The van der Waals surface area contributed by atoms with Crippen LogP contribution in [0.4, 0.5) is 0 Å². The van der Waals surface area contributed by atoms with Crippen LogP contribution in [-0.4, -0.2) is 11.5 Å². The fourth-order valence-corrected chi connectivity index (χ4v) is 4.74. The first-order chi connectivity index (χ1) is 7.28. The van der Waals surface area contributed by atoms with Gasteiger partial charge in [-0.2, -0.15) is 0 Å². The van der Waals surface area contributed by atoms with Crippen LogP contribution in [0.25, 0.3) is 0 Å². The van der Waals surface area contributed by atoms with Crippen LogP contribution in [-0.2, 0) is 0 Å². The molecule has 1 aromatic rings. The van der Waals surface area contributed by atoms with E-state index in [-0.39, 0.29) is 0 Å². The van der Waals surface area contributed by atoms with Gasteiger partial charge in [0.05, 0.1) is 9.09 Å². The predicted molar refractivity (Wildman–Crippen MR) is 67.0 cm³/mol. The Hall–Kier alpha value is -0.280. The van der Waals surface area contributed by atoms with Gasteiger partial charge in [0.15, 0.2) is 6.29 Å². The van der Waals surface area contributed by atoms with Crippen molar-refractivity contribution in [1.29, 1.82) is 0 Å². The Morgan fingerprint density at radius 1 is 1.47 bits per heavy atom. The maximum Gasteiger partial charge on any atom is 0.160 e. The zero-order valence-corrected chi connectivity index (χ0v) is 10.6. The molecule has 1 nitrogen and oxygen atoms in total. The summed E-state index contributed by atoms with van der Waals surface area (Å²) < 4.78 is 1.30. The van der Waals surface area contributed by atoms with E-state index in [1.54, 1.807) is 11.3 Å². The van der Waals surface area contributed by atoms with Crippen LogP contribution >= 0.6 is 23.1 Å². The van der Waals surface area contributed by atoms with Crippen molar-refractivity contribution < 1.29 is 4.79 Å². The second-order valence-electron chi connectivity index (χ2n) is 4.29. The quantitative estimate of drug-likeness (QED) is 0.735. The standard InChI is InChI=1S/C12H16OS2/c1-9-3-2-4-10(7-9)14-12-6-5-11(8-13)15-12/h5-6,8-10H,2-4,7H2,1H3. The smallest absolute Gasteiger partial charge is 0.160 e. The number of rotatable bonds is 3. The van der Waals surface area contributed by atoms with Crippen molar-refractivity contribution in [3.8, 4) is 0 Å². The van der Waals surface area contributed by atoms with Crippen LogP contribution in [0.15, 0.2) is 16.3 Å². The van der Waals surface area contributed by atoms with Crippen LogP contribution in [0.3, 0.4) is 0 Å². The van der Waals surface area contributed by atoms with E-state index in [1.165, 1.54) is 29.9 Å². The van der Waals surface area contributed by atoms with Gasteiger partial charge in [0.1, 0.15) is 0 Å². The summed E-state index contributed by atoms with van der Waals surface area (Å²) >= 11 is 3.59. The van der Waals surface area contributed by atoms with Crippen molar-refractivity contribution in [3.05, 3.63) is 17.0 Å². The number of thioether (sulfide) groups is 1. The zero-order valence-electron chi connectivity index (χ0n) is 8.94. The van der Waals surface area contributed by atoms with E-state index < -0.39 is 0 Å². The third-order valence-electron chi connectivity index (χ3n) is 2.89. The lowest BCUT2D eigenvalue weighted by Gasteiger charge is -2.25. The number of hydrogen-bond acceptors (Lipinski definition) is 3. The molecule has 15 heavy (non-hydrogen) atoms. The van der Waals surface area contributed by atoms with E-state index in [4.69, 9.17) is 0 Å². The Bertz CT molecular complexity index is 332. The molecule has 1 aliphatic rings. The normalized spacial score (nSPS) is 26.5. The molecular weight excluding hydrogens is 224 g/mol. The Labute approximate surface area is 99.3 Å². The fourth-order valence-electron chi connectivity index (χ4n) is 2.11. The number of hydrogen-bond donors (Lipinski definition) is 0. The summed E-state index contributed by atoms with van der Waals surface area (Å²) in [7, 11) is 0. The molecule has 1 aromatic heterocycles. The topological polar surface area (TPSA) is 17.1 Å². The highest BCUT2D eigenvalue weighted by Crippen LogP contribution is 2.38. The van der Waals surface area contributed by atoms with Gasteiger partial charge < -0.3 is 0 Å². The molecule has 0 bridgehead atoms. The van der Waals surface area contributed by atoms with Gasteiger partial charge in [-0.15, -0.1) is 23.1 Å². The van der Waals surface area contributed by atoms with E-state index >= 15 is 0 Å². The van der Waals surface area contributed by atoms with Gasteiger partial charge in [0, 0.05) is 5.25 Å². The van der Waals surface area contributed by atoms with Gasteiger partial charge in [0.25, 0.3) is 0 Å². The molecule has 0 N–H and O–H groups in total. The molecular formula is C12H16OS2. The molecule has 1 fully saturated rings. The Kier molecular flexibility index (Phi) is 3.87. The van der Waals surface area contributed by atoms with E-state index in [2.05, 4.69) is 13.0 Å². The van der Waals surface area contributed by atoms with Gasteiger partial charge in [-0.25, -0.2) is 0 Å². The SMILES string of the molecule is CC1CCCC(Sc2ccc(C=O)s2)C1.